The third-order valence-electron chi connectivity index (χ3n) is 4.41. The lowest BCUT2D eigenvalue weighted by Gasteiger charge is -2.32. The van der Waals surface area contributed by atoms with Crippen molar-refractivity contribution < 1.29 is 9.53 Å². The molecular weight excluding hydrogens is 262 g/mol. The zero-order valence-electron chi connectivity index (χ0n) is 12.5. The van der Waals surface area contributed by atoms with Crippen molar-refractivity contribution in [2.45, 2.75) is 19.3 Å². The quantitative estimate of drug-likeness (QED) is 0.800. The SMILES string of the molecule is O=C1/C(=C/c2ccccc2)CCC[C@H]1CN1CCOCC1. The molecule has 0 radical (unpaired) electrons. The third-order valence-corrected chi connectivity index (χ3v) is 4.41. The molecule has 2 aliphatic rings. The Balaban J connectivity index is 1.67. The molecule has 3 heteroatoms. The van der Waals surface area contributed by atoms with E-state index < -0.39 is 0 Å². The van der Waals surface area contributed by atoms with Gasteiger partial charge in [0.1, 0.15) is 0 Å². The van der Waals surface area contributed by atoms with E-state index in [9.17, 15) is 4.79 Å². The zero-order chi connectivity index (χ0) is 14.5. The van der Waals surface area contributed by atoms with E-state index in [0.29, 0.717) is 5.78 Å². The van der Waals surface area contributed by atoms with Crippen molar-refractivity contribution in [3.8, 4) is 0 Å². The van der Waals surface area contributed by atoms with Crippen LogP contribution in [0.25, 0.3) is 6.08 Å². The molecule has 3 rings (SSSR count). The van der Waals surface area contributed by atoms with Crippen molar-refractivity contribution >= 4 is 11.9 Å². The minimum Gasteiger partial charge on any atom is -0.379 e. The number of morpholine rings is 1. The lowest BCUT2D eigenvalue weighted by atomic mass is 9.83. The number of carbonyl (C=O) groups is 1. The summed E-state index contributed by atoms with van der Waals surface area (Å²) in [4.78, 5) is 15.0. The highest BCUT2D eigenvalue weighted by atomic mass is 16.5. The Morgan fingerprint density at radius 2 is 1.95 bits per heavy atom. The van der Waals surface area contributed by atoms with Crippen molar-refractivity contribution in [2.24, 2.45) is 5.92 Å². The fourth-order valence-electron chi connectivity index (χ4n) is 3.22. The first-order valence-corrected chi connectivity index (χ1v) is 7.93. The van der Waals surface area contributed by atoms with Crippen molar-refractivity contribution in [2.75, 3.05) is 32.8 Å². The highest BCUT2D eigenvalue weighted by Crippen LogP contribution is 2.27. The van der Waals surface area contributed by atoms with Crippen LogP contribution in [0.15, 0.2) is 35.9 Å². The van der Waals surface area contributed by atoms with Gasteiger partial charge in [0.2, 0.25) is 0 Å². The Hall–Kier alpha value is -1.45. The Kier molecular flexibility index (Phi) is 4.84. The summed E-state index contributed by atoms with van der Waals surface area (Å²) in [6.45, 7) is 4.42. The highest BCUT2D eigenvalue weighted by Gasteiger charge is 2.28. The molecule has 3 nitrogen and oxygen atoms in total. The van der Waals surface area contributed by atoms with Crippen molar-refractivity contribution in [1.29, 1.82) is 0 Å². The van der Waals surface area contributed by atoms with E-state index in [1.165, 1.54) is 0 Å². The van der Waals surface area contributed by atoms with Crippen LogP contribution >= 0.6 is 0 Å². The summed E-state index contributed by atoms with van der Waals surface area (Å²) in [6.07, 6.45) is 5.16. The molecule has 0 amide bonds. The standard InChI is InChI=1S/C18H23NO2/c20-18-16(13-15-5-2-1-3-6-15)7-4-8-17(18)14-19-9-11-21-12-10-19/h1-3,5-6,13,17H,4,7-12,14H2/b16-13+/t17-/m0/s1. The molecule has 1 aromatic carbocycles. The number of rotatable bonds is 3. The molecule has 1 atom stereocenters. The summed E-state index contributed by atoms with van der Waals surface area (Å²) in [5, 5.41) is 0. The summed E-state index contributed by atoms with van der Waals surface area (Å²) in [5.41, 5.74) is 2.14. The van der Waals surface area contributed by atoms with Crippen LogP contribution in [0, 0.1) is 5.92 Å². The van der Waals surface area contributed by atoms with Gasteiger partial charge in [-0.3, -0.25) is 9.69 Å². The first kappa shape index (κ1) is 14.5. The number of allylic oxidation sites excluding steroid dienone is 1. The van der Waals surface area contributed by atoms with E-state index in [-0.39, 0.29) is 5.92 Å². The van der Waals surface area contributed by atoms with E-state index in [2.05, 4.69) is 23.1 Å². The Morgan fingerprint density at radius 1 is 1.19 bits per heavy atom. The minimum atomic E-state index is 0.173. The monoisotopic (exact) mass is 285 g/mol. The van der Waals surface area contributed by atoms with Gasteiger partial charge in [-0.2, -0.15) is 0 Å². The van der Waals surface area contributed by atoms with E-state index in [0.717, 1.165) is 63.2 Å². The van der Waals surface area contributed by atoms with Crippen LogP contribution in [-0.2, 0) is 9.53 Å². The number of Topliss-reactive ketones (excluding diaryl/α,β-unsaturated/α-hetero) is 1. The second-order valence-corrected chi connectivity index (χ2v) is 5.95. The minimum absolute atomic E-state index is 0.173. The smallest absolute Gasteiger partial charge is 0.163 e. The predicted molar refractivity (Wildman–Crippen MR) is 84.0 cm³/mol. The van der Waals surface area contributed by atoms with Crippen LogP contribution in [0.1, 0.15) is 24.8 Å². The van der Waals surface area contributed by atoms with Crippen molar-refractivity contribution in [3.05, 3.63) is 41.5 Å². The molecule has 0 aromatic heterocycles. The topological polar surface area (TPSA) is 29.5 Å². The number of hydrogen-bond donors (Lipinski definition) is 0. The van der Waals surface area contributed by atoms with Gasteiger partial charge in [0.15, 0.2) is 5.78 Å². The summed E-state index contributed by atoms with van der Waals surface area (Å²) >= 11 is 0. The molecule has 0 spiro atoms. The van der Waals surface area contributed by atoms with E-state index in [1.807, 2.05) is 18.2 Å². The van der Waals surface area contributed by atoms with Gasteiger partial charge < -0.3 is 4.74 Å². The summed E-state index contributed by atoms with van der Waals surface area (Å²) < 4.78 is 5.38. The van der Waals surface area contributed by atoms with Crippen LogP contribution in [0.5, 0.6) is 0 Å². The van der Waals surface area contributed by atoms with Gasteiger partial charge >= 0.3 is 0 Å². The molecule has 1 aliphatic carbocycles. The number of carbonyl (C=O) groups excluding carboxylic acids is 1. The van der Waals surface area contributed by atoms with Crippen LogP contribution in [0.2, 0.25) is 0 Å². The number of benzene rings is 1. The van der Waals surface area contributed by atoms with Crippen molar-refractivity contribution in [3.63, 3.8) is 0 Å². The maximum atomic E-state index is 12.7. The van der Waals surface area contributed by atoms with Gasteiger partial charge in [0.25, 0.3) is 0 Å². The van der Waals surface area contributed by atoms with Gasteiger partial charge in [-0.25, -0.2) is 0 Å². The first-order chi connectivity index (χ1) is 10.3. The fraction of sp³-hybridized carbons (Fsp3) is 0.500. The molecule has 21 heavy (non-hydrogen) atoms. The Morgan fingerprint density at radius 3 is 2.71 bits per heavy atom. The molecular formula is C18H23NO2. The average molecular weight is 285 g/mol. The largest absolute Gasteiger partial charge is 0.379 e. The van der Waals surface area contributed by atoms with Gasteiger partial charge in [-0.05, 0) is 36.5 Å². The van der Waals surface area contributed by atoms with Crippen LogP contribution in [0.3, 0.4) is 0 Å². The lowest BCUT2D eigenvalue weighted by Crippen LogP contribution is -2.42. The molecule has 1 aliphatic heterocycles. The van der Waals surface area contributed by atoms with E-state index >= 15 is 0 Å². The molecule has 0 unspecified atom stereocenters. The van der Waals surface area contributed by atoms with Crippen LogP contribution < -0.4 is 0 Å². The number of ketones is 1. The second kappa shape index (κ2) is 7.01. The van der Waals surface area contributed by atoms with E-state index in [4.69, 9.17) is 4.74 Å². The number of nitrogens with zero attached hydrogens (tertiary/aromatic N) is 1. The maximum Gasteiger partial charge on any atom is 0.163 e. The summed E-state index contributed by atoms with van der Waals surface area (Å²) in [5.74, 6) is 0.531. The molecule has 1 saturated heterocycles. The Labute approximate surface area is 126 Å². The zero-order valence-corrected chi connectivity index (χ0v) is 12.5. The molecule has 0 N–H and O–H groups in total. The first-order valence-electron chi connectivity index (χ1n) is 7.93. The molecule has 2 fully saturated rings. The number of hydrogen-bond acceptors (Lipinski definition) is 3. The normalized spacial score (nSPS) is 26.2. The maximum absolute atomic E-state index is 12.7. The average Bonchev–Trinajstić information content (AvgIpc) is 2.53. The molecule has 1 heterocycles. The highest BCUT2D eigenvalue weighted by molar-refractivity contribution is 6.01. The molecule has 1 aromatic rings. The predicted octanol–water partition coefficient (Wildman–Crippen LogP) is 2.77. The summed E-state index contributed by atoms with van der Waals surface area (Å²) in [6, 6.07) is 10.2. The van der Waals surface area contributed by atoms with Crippen LogP contribution in [-0.4, -0.2) is 43.5 Å². The fourth-order valence-corrected chi connectivity index (χ4v) is 3.22. The van der Waals surface area contributed by atoms with Gasteiger partial charge in [0.05, 0.1) is 13.2 Å². The van der Waals surface area contributed by atoms with E-state index in [1.54, 1.807) is 0 Å². The van der Waals surface area contributed by atoms with Crippen LogP contribution in [0.4, 0.5) is 0 Å². The third kappa shape index (κ3) is 3.80. The Bertz CT molecular complexity index is 503. The summed E-state index contributed by atoms with van der Waals surface area (Å²) in [7, 11) is 0. The van der Waals surface area contributed by atoms with Gasteiger partial charge in [0, 0.05) is 25.6 Å². The van der Waals surface area contributed by atoms with Crippen molar-refractivity contribution in [1.82, 2.24) is 4.90 Å². The number of ether oxygens (including phenoxy) is 1. The van der Waals surface area contributed by atoms with Gasteiger partial charge in [-0.1, -0.05) is 30.3 Å². The second-order valence-electron chi connectivity index (χ2n) is 5.95. The van der Waals surface area contributed by atoms with Gasteiger partial charge in [-0.15, -0.1) is 0 Å². The molecule has 112 valence electrons. The lowest BCUT2D eigenvalue weighted by molar-refractivity contribution is -0.121. The molecule has 1 saturated carbocycles. The molecule has 0 bridgehead atoms.